The fourth-order valence-corrected chi connectivity index (χ4v) is 1.63. The van der Waals surface area contributed by atoms with Gasteiger partial charge in [-0.2, -0.15) is 0 Å². The molecular formula is C14H16N2O3. The molecular weight excluding hydrogens is 244 g/mol. The summed E-state index contributed by atoms with van der Waals surface area (Å²) in [5.74, 6) is 1.38. The highest BCUT2D eigenvalue weighted by molar-refractivity contribution is 5.95. The lowest BCUT2D eigenvalue weighted by Crippen LogP contribution is -2.35. The minimum atomic E-state index is -1.02. The maximum Gasteiger partial charge on any atom is 0.336 e. The number of carbonyl (C=O) groups excluding carboxylic acids is 1. The second-order valence-corrected chi connectivity index (χ2v) is 3.93. The lowest BCUT2D eigenvalue weighted by Gasteiger charge is -2.19. The lowest BCUT2D eigenvalue weighted by atomic mass is 10.1. The Morgan fingerprint density at radius 2 is 2.16 bits per heavy atom. The summed E-state index contributed by atoms with van der Waals surface area (Å²) in [6, 6.07) is 4.39. The molecule has 2 amide bonds. The number of amides is 2. The molecule has 0 unspecified atom stereocenters. The minimum absolute atomic E-state index is 0.165. The van der Waals surface area contributed by atoms with Gasteiger partial charge < -0.3 is 15.3 Å². The van der Waals surface area contributed by atoms with Gasteiger partial charge in [0.15, 0.2) is 0 Å². The molecule has 5 heteroatoms. The molecule has 0 atom stereocenters. The third-order valence-electron chi connectivity index (χ3n) is 2.76. The predicted octanol–water partition coefficient (Wildman–Crippen LogP) is 2.18. The molecule has 0 bridgehead atoms. The van der Waals surface area contributed by atoms with E-state index in [-0.39, 0.29) is 18.1 Å². The molecule has 0 aromatic heterocycles. The van der Waals surface area contributed by atoms with Gasteiger partial charge >= 0.3 is 12.0 Å². The minimum Gasteiger partial charge on any atom is -0.478 e. The van der Waals surface area contributed by atoms with Crippen molar-refractivity contribution < 1.29 is 14.7 Å². The molecule has 0 aliphatic rings. The molecule has 0 aliphatic carbocycles. The highest BCUT2D eigenvalue weighted by Crippen LogP contribution is 2.19. The van der Waals surface area contributed by atoms with Crippen molar-refractivity contribution in [1.29, 1.82) is 0 Å². The van der Waals surface area contributed by atoms with Crippen molar-refractivity contribution in [3.8, 4) is 12.3 Å². The fourth-order valence-electron chi connectivity index (χ4n) is 1.63. The third kappa shape index (κ3) is 3.49. The summed E-state index contributed by atoms with van der Waals surface area (Å²) in [6.45, 7) is 4.15. The molecule has 5 nitrogen and oxygen atoms in total. The van der Waals surface area contributed by atoms with Gasteiger partial charge in [0.1, 0.15) is 0 Å². The Balaban J connectivity index is 2.94. The molecule has 0 heterocycles. The standard InChI is InChI=1S/C14H16N2O3/c1-4-9-16(5-2)14(19)15-12-8-6-7-11(10(12)3)13(17)18/h1,6-8H,5,9H2,2-3H3,(H,15,19)(H,17,18). The van der Waals surface area contributed by atoms with E-state index in [0.717, 1.165) is 0 Å². The van der Waals surface area contributed by atoms with Gasteiger partial charge in [0.05, 0.1) is 12.1 Å². The van der Waals surface area contributed by atoms with E-state index < -0.39 is 5.97 Å². The Bertz CT molecular complexity index is 532. The van der Waals surface area contributed by atoms with Gasteiger partial charge in [-0.15, -0.1) is 6.42 Å². The largest absolute Gasteiger partial charge is 0.478 e. The Morgan fingerprint density at radius 1 is 1.47 bits per heavy atom. The average Bonchev–Trinajstić information content (AvgIpc) is 2.37. The van der Waals surface area contributed by atoms with Gasteiger partial charge in [-0.25, -0.2) is 9.59 Å². The van der Waals surface area contributed by atoms with Crippen molar-refractivity contribution in [3.05, 3.63) is 29.3 Å². The van der Waals surface area contributed by atoms with E-state index >= 15 is 0 Å². The Kier molecular flexibility index (Phi) is 4.95. The van der Waals surface area contributed by atoms with E-state index in [0.29, 0.717) is 17.8 Å². The van der Waals surface area contributed by atoms with Crippen molar-refractivity contribution in [2.75, 3.05) is 18.4 Å². The normalized spacial score (nSPS) is 9.53. The van der Waals surface area contributed by atoms with Crippen LogP contribution in [-0.2, 0) is 0 Å². The van der Waals surface area contributed by atoms with E-state index in [1.807, 2.05) is 6.92 Å². The van der Waals surface area contributed by atoms with E-state index in [4.69, 9.17) is 11.5 Å². The zero-order valence-corrected chi connectivity index (χ0v) is 10.9. The fraction of sp³-hybridized carbons (Fsp3) is 0.286. The van der Waals surface area contributed by atoms with E-state index in [1.54, 1.807) is 19.1 Å². The van der Waals surface area contributed by atoms with E-state index in [9.17, 15) is 9.59 Å². The molecule has 1 aromatic rings. The summed E-state index contributed by atoms with van der Waals surface area (Å²) in [4.78, 5) is 24.4. The van der Waals surface area contributed by atoms with E-state index in [1.165, 1.54) is 11.0 Å². The second-order valence-electron chi connectivity index (χ2n) is 3.93. The molecule has 1 aromatic carbocycles. The molecule has 2 N–H and O–H groups in total. The van der Waals surface area contributed by atoms with Gasteiger partial charge in [-0.1, -0.05) is 12.0 Å². The molecule has 100 valence electrons. The molecule has 0 fully saturated rings. The van der Waals surface area contributed by atoms with Gasteiger partial charge in [0.25, 0.3) is 0 Å². The van der Waals surface area contributed by atoms with Crippen LogP contribution in [0.15, 0.2) is 18.2 Å². The van der Waals surface area contributed by atoms with Gasteiger partial charge in [0.2, 0.25) is 0 Å². The maximum absolute atomic E-state index is 11.9. The summed E-state index contributed by atoms with van der Waals surface area (Å²) < 4.78 is 0. The van der Waals surface area contributed by atoms with Crippen molar-refractivity contribution in [1.82, 2.24) is 4.90 Å². The van der Waals surface area contributed by atoms with E-state index in [2.05, 4.69) is 11.2 Å². The van der Waals surface area contributed by atoms with Gasteiger partial charge in [-0.3, -0.25) is 0 Å². The summed E-state index contributed by atoms with van der Waals surface area (Å²) >= 11 is 0. The molecule has 0 saturated heterocycles. The zero-order chi connectivity index (χ0) is 14.4. The van der Waals surface area contributed by atoms with Crippen LogP contribution in [0.3, 0.4) is 0 Å². The number of hydrogen-bond acceptors (Lipinski definition) is 2. The van der Waals surface area contributed by atoms with Crippen LogP contribution >= 0.6 is 0 Å². The van der Waals surface area contributed by atoms with Crippen molar-refractivity contribution in [3.63, 3.8) is 0 Å². The Labute approximate surface area is 112 Å². The van der Waals surface area contributed by atoms with Crippen LogP contribution in [0.2, 0.25) is 0 Å². The number of aromatic carboxylic acids is 1. The predicted molar refractivity (Wildman–Crippen MR) is 73.2 cm³/mol. The number of benzene rings is 1. The quantitative estimate of drug-likeness (QED) is 0.815. The highest BCUT2D eigenvalue weighted by Gasteiger charge is 2.14. The summed E-state index contributed by atoms with van der Waals surface area (Å²) in [5.41, 5.74) is 1.15. The number of carboxylic acids is 1. The molecule has 19 heavy (non-hydrogen) atoms. The molecule has 0 saturated carbocycles. The van der Waals surface area contributed by atoms with Crippen LogP contribution in [0.5, 0.6) is 0 Å². The number of nitrogens with one attached hydrogen (secondary N) is 1. The first kappa shape index (κ1) is 14.6. The average molecular weight is 260 g/mol. The van der Waals surface area contributed by atoms with Crippen molar-refractivity contribution in [2.24, 2.45) is 0 Å². The monoisotopic (exact) mass is 260 g/mol. The van der Waals surface area contributed by atoms with Crippen LogP contribution < -0.4 is 5.32 Å². The number of carboxylic acid groups (broad SMARTS) is 1. The number of rotatable bonds is 4. The van der Waals surface area contributed by atoms with Crippen LogP contribution in [0.1, 0.15) is 22.8 Å². The number of anilines is 1. The van der Waals surface area contributed by atoms with Gasteiger partial charge in [-0.05, 0) is 31.5 Å². The second kappa shape index (κ2) is 6.45. The molecule has 0 radical (unpaired) electrons. The zero-order valence-electron chi connectivity index (χ0n) is 10.9. The number of urea groups is 1. The topological polar surface area (TPSA) is 69.6 Å². The number of carbonyl (C=O) groups is 2. The SMILES string of the molecule is C#CCN(CC)C(=O)Nc1cccc(C(=O)O)c1C. The third-order valence-corrected chi connectivity index (χ3v) is 2.76. The van der Waals surface area contributed by atoms with Crippen molar-refractivity contribution >= 4 is 17.7 Å². The number of terminal acetylenes is 1. The van der Waals surface area contributed by atoms with Crippen LogP contribution in [0, 0.1) is 19.3 Å². The Hall–Kier alpha value is -2.48. The lowest BCUT2D eigenvalue weighted by molar-refractivity contribution is 0.0696. The maximum atomic E-state index is 11.9. The summed E-state index contributed by atoms with van der Waals surface area (Å²) in [5, 5.41) is 11.7. The first-order valence-electron chi connectivity index (χ1n) is 5.83. The smallest absolute Gasteiger partial charge is 0.336 e. The first-order valence-corrected chi connectivity index (χ1v) is 5.83. The summed E-state index contributed by atoms with van der Waals surface area (Å²) in [7, 11) is 0. The van der Waals surface area contributed by atoms with Gasteiger partial charge in [0, 0.05) is 12.2 Å². The van der Waals surface area contributed by atoms with Crippen molar-refractivity contribution in [2.45, 2.75) is 13.8 Å². The number of hydrogen-bond donors (Lipinski definition) is 2. The van der Waals surface area contributed by atoms with Crippen LogP contribution in [0.4, 0.5) is 10.5 Å². The first-order chi connectivity index (χ1) is 9.01. The summed E-state index contributed by atoms with van der Waals surface area (Å²) in [6.07, 6.45) is 5.18. The number of nitrogens with zero attached hydrogens (tertiary/aromatic N) is 1. The molecule has 1 rings (SSSR count). The van der Waals surface area contributed by atoms with Crippen LogP contribution in [-0.4, -0.2) is 35.1 Å². The molecule has 0 spiro atoms. The molecule has 0 aliphatic heterocycles. The van der Waals surface area contributed by atoms with Crippen LogP contribution in [0.25, 0.3) is 0 Å². The Morgan fingerprint density at radius 3 is 2.68 bits per heavy atom. The highest BCUT2D eigenvalue weighted by atomic mass is 16.4.